The topological polar surface area (TPSA) is 57.3 Å². The van der Waals surface area contributed by atoms with Crippen LogP contribution in [0.1, 0.15) is 54.4 Å². The van der Waals surface area contributed by atoms with Crippen molar-refractivity contribution in [3.8, 4) is 11.1 Å². The van der Waals surface area contributed by atoms with E-state index >= 15 is 0 Å². The van der Waals surface area contributed by atoms with Crippen molar-refractivity contribution in [2.45, 2.75) is 64.0 Å². The Morgan fingerprint density at radius 3 is 2.12 bits per heavy atom. The Balaban J connectivity index is 1.25. The van der Waals surface area contributed by atoms with E-state index in [9.17, 15) is 18.0 Å². The van der Waals surface area contributed by atoms with Crippen LogP contribution in [0, 0.1) is 0 Å². The van der Waals surface area contributed by atoms with Crippen molar-refractivity contribution in [1.29, 1.82) is 0 Å². The lowest BCUT2D eigenvalue weighted by Gasteiger charge is -2.24. The molecule has 0 radical (unpaired) electrons. The van der Waals surface area contributed by atoms with Crippen LogP contribution in [0.3, 0.4) is 0 Å². The number of halogens is 3. The van der Waals surface area contributed by atoms with E-state index in [-0.39, 0.29) is 18.8 Å². The molecule has 1 aliphatic carbocycles. The van der Waals surface area contributed by atoms with Gasteiger partial charge in [-0.2, -0.15) is 13.2 Å². The fourth-order valence-corrected chi connectivity index (χ4v) is 5.29. The van der Waals surface area contributed by atoms with Crippen LogP contribution in [0.25, 0.3) is 11.1 Å². The molecule has 0 atom stereocenters. The Morgan fingerprint density at radius 1 is 0.810 bits per heavy atom. The number of amides is 2. The molecule has 2 N–H and O–H groups in total. The summed E-state index contributed by atoms with van der Waals surface area (Å²) in [5.74, 6) is 0. The number of hydrogen-bond acceptors (Lipinski definition) is 3. The minimum atomic E-state index is -4.50. The fraction of sp³-hybridized carbons (Fsp3) is 0.294. The maximum absolute atomic E-state index is 13.3. The first-order valence-corrected chi connectivity index (χ1v) is 14.4. The zero-order chi connectivity index (χ0) is 29.4. The number of carbonyl (C=O) groups excluding carboxylic acids is 1. The molecule has 42 heavy (non-hydrogen) atoms. The number of rotatable bonds is 9. The van der Waals surface area contributed by atoms with Crippen LogP contribution in [0.15, 0.2) is 97.3 Å². The van der Waals surface area contributed by atoms with Gasteiger partial charge in [-0.15, -0.1) is 0 Å². The molecule has 5 nitrogen and oxygen atoms in total. The maximum atomic E-state index is 13.3. The number of aromatic nitrogens is 1. The number of anilines is 1. The summed E-state index contributed by atoms with van der Waals surface area (Å²) in [6, 6.07) is 25.0. The highest BCUT2D eigenvalue weighted by Crippen LogP contribution is 2.31. The number of hydrogen-bond donors (Lipinski definition) is 2. The van der Waals surface area contributed by atoms with Crippen LogP contribution < -0.4 is 10.6 Å². The Labute approximate surface area is 244 Å². The van der Waals surface area contributed by atoms with Gasteiger partial charge in [0.05, 0.1) is 5.56 Å². The second kappa shape index (κ2) is 13.7. The molecule has 0 unspecified atom stereocenters. The Hall–Kier alpha value is -4.17. The van der Waals surface area contributed by atoms with Gasteiger partial charge >= 0.3 is 12.2 Å². The second-order valence-electron chi connectivity index (χ2n) is 10.8. The first-order chi connectivity index (χ1) is 20.3. The van der Waals surface area contributed by atoms with E-state index in [0.717, 1.165) is 40.9 Å². The van der Waals surface area contributed by atoms with Crippen LogP contribution in [0.4, 0.5) is 23.7 Å². The number of nitrogens with one attached hydrogen (secondary N) is 2. The summed E-state index contributed by atoms with van der Waals surface area (Å²) >= 11 is 0. The summed E-state index contributed by atoms with van der Waals surface area (Å²) in [6.45, 7) is 1.39. The zero-order valence-electron chi connectivity index (χ0n) is 23.4. The molecule has 3 aromatic carbocycles. The standard InChI is InChI=1S/C34H35F3N4O/c35-34(36,37)30-7-4-10-32(20-30)40-33(42)41(24-27-6-5-19-38-21-27)23-26-13-17-29(18-14-26)28-15-11-25(12-16-28)22-39-31-8-2-1-3-9-31/h4-7,10-21,31,39H,1-3,8-9,22-24H2,(H,40,42). The van der Waals surface area contributed by atoms with Gasteiger partial charge in [-0.3, -0.25) is 4.98 Å². The molecule has 0 bridgehead atoms. The Bertz CT molecular complexity index is 1430. The van der Waals surface area contributed by atoms with Crippen LogP contribution >= 0.6 is 0 Å². The number of pyridine rings is 1. The van der Waals surface area contributed by atoms with E-state index in [2.05, 4.69) is 39.9 Å². The van der Waals surface area contributed by atoms with Gasteiger partial charge in [-0.25, -0.2) is 4.79 Å². The first kappa shape index (κ1) is 29.3. The molecule has 4 aromatic rings. The highest BCUT2D eigenvalue weighted by molar-refractivity contribution is 5.89. The first-order valence-electron chi connectivity index (χ1n) is 14.4. The molecule has 0 saturated heterocycles. The van der Waals surface area contributed by atoms with Crippen LogP contribution in [0.2, 0.25) is 0 Å². The highest BCUT2D eigenvalue weighted by Gasteiger charge is 2.30. The van der Waals surface area contributed by atoms with Gasteiger partial charge in [0.2, 0.25) is 0 Å². The van der Waals surface area contributed by atoms with Gasteiger partial charge in [0.25, 0.3) is 0 Å². The number of nitrogens with zero attached hydrogens (tertiary/aromatic N) is 2. The van der Waals surface area contributed by atoms with E-state index in [0.29, 0.717) is 6.04 Å². The minimum absolute atomic E-state index is 0.0822. The average molecular weight is 573 g/mol. The van der Waals surface area contributed by atoms with Crippen molar-refractivity contribution in [3.05, 3.63) is 120 Å². The zero-order valence-corrected chi connectivity index (χ0v) is 23.4. The molecular weight excluding hydrogens is 537 g/mol. The summed E-state index contributed by atoms with van der Waals surface area (Å²) < 4.78 is 39.6. The molecule has 1 fully saturated rings. The van der Waals surface area contributed by atoms with Crippen molar-refractivity contribution < 1.29 is 18.0 Å². The Morgan fingerprint density at radius 2 is 1.48 bits per heavy atom. The largest absolute Gasteiger partial charge is 0.416 e. The number of carbonyl (C=O) groups is 1. The monoisotopic (exact) mass is 572 g/mol. The van der Waals surface area contributed by atoms with Crippen LogP contribution in [-0.4, -0.2) is 22.0 Å². The molecule has 5 rings (SSSR count). The van der Waals surface area contributed by atoms with E-state index in [1.165, 1.54) is 49.8 Å². The lowest BCUT2D eigenvalue weighted by Crippen LogP contribution is -2.34. The third kappa shape index (κ3) is 8.19. The lowest BCUT2D eigenvalue weighted by molar-refractivity contribution is -0.137. The summed E-state index contributed by atoms with van der Waals surface area (Å²) in [5.41, 5.74) is 4.41. The molecule has 1 saturated carbocycles. The van der Waals surface area contributed by atoms with Crippen LogP contribution in [-0.2, 0) is 25.8 Å². The van der Waals surface area contributed by atoms with E-state index in [1.54, 1.807) is 23.4 Å². The third-order valence-corrected chi connectivity index (χ3v) is 7.64. The molecule has 8 heteroatoms. The molecule has 1 aromatic heterocycles. The predicted molar refractivity (Wildman–Crippen MR) is 160 cm³/mol. The van der Waals surface area contributed by atoms with Crippen molar-refractivity contribution in [2.75, 3.05) is 5.32 Å². The number of benzene rings is 3. The van der Waals surface area contributed by atoms with Gasteiger partial charge in [-0.05, 0) is 64.9 Å². The van der Waals surface area contributed by atoms with E-state index in [1.807, 2.05) is 30.3 Å². The van der Waals surface area contributed by atoms with Crippen molar-refractivity contribution in [3.63, 3.8) is 0 Å². The summed E-state index contributed by atoms with van der Waals surface area (Å²) in [5, 5.41) is 6.31. The molecule has 0 spiro atoms. The fourth-order valence-electron chi connectivity index (χ4n) is 5.29. The smallest absolute Gasteiger partial charge is 0.316 e. The number of urea groups is 1. The van der Waals surface area contributed by atoms with Crippen molar-refractivity contribution >= 4 is 11.7 Å². The minimum Gasteiger partial charge on any atom is -0.316 e. The van der Waals surface area contributed by atoms with Gasteiger partial charge in [0.15, 0.2) is 0 Å². The average Bonchev–Trinajstić information content (AvgIpc) is 3.01. The van der Waals surface area contributed by atoms with Gasteiger partial charge < -0.3 is 15.5 Å². The highest BCUT2D eigenvalue weighted by atomic mass is 19.4. The molecule has 2 amide bonds. The van der Waals surface area contributed by atoms with Gasteiger partial charge in [0.1, 0.15) is 0 Å². The van der Waals surface area contributed by atoms with Crippen molar-refractivity contribution in [1.82, 2.24) is 15.2 Å². The molecule has 0 aliphatic heterocycles. The summed E-state index contributed by atoms with van der Waals surface area (Å²) in [4.78, 5) is 18.9. The number of alkyl halides is 3. The van der Waals surface area contributed by atoms with Gasteiger partial charge in [-0.1, -0.05) is 79.9 Å². The summed E-state index contributed by atoms with van der Waals surface area (Å²) in [7, 11) is 0. The van der Waals surface area contributed by atoms with E-state index in [4.69, 9.17) is 0 Å². The second-order valence-corrected chi connectivity index (χ2v) is 10.8. The Kier molecular flexibility index (Phi) is 9.54. The molecular formula is C34H35F3N4O. The van der Waals surface area contributed by atoms with Gasteiger partial charge in [0, 0.05) is 43.8 Å². The maximum Gasteiger partial charge on any atom is 0.416 e. The van der Waals surface area contributed by atoms with Crippen molar-refractivity contribution in [2.24, 2.45) is 0 Å². The normalized spacial score (nSPS) is 14.0. The lowest BCUT2D eigenvalue weighted by atomic mass is 9.95. The van der Waals surface area contributed by atoms with E-state index < -0.39 is 17.8 Å². The molecule has 218 valence electrons. The van der Waals surface area contributed by atoms with Crippen LogP contribution in [0.5, 0.6) is 0 Å². The molecule has 1 heterocycles. The quantitative estimate of drug-likeness (QED) is 0.212. The third-order valence-electron chi connectivity index (χ3n) is 7.64. The summed E-state index contributed by atoms with van der Waals surface area (Å²) in [6.07, 6.45) is 5.32. The molecule has 1 aliphatic rings. The predicted octanol–water partition coefficient (Wildman–Crippen LogP) is 8.42. The SMILES string of the molecule is O=C(Nc1cccc(C(F)(F)F)c1)N(Cc1ccc(-c2ccc(CNC3CCCCC3)cc2)cc1)Cc1cccnc1.